The summed E-state index contributed by atoms with van der Waals surface area (Å²) < 4.78 is 5.09. The fraction of sp³-hybridized carbons (Fsp3) is 0.294. The third-order valence-corrected chi connectivity index (χ3v) is 4.05. The molecule has 0 radical (unpaired) electrons. The molecular weight excluding hydrogens is 347 g/mol. The molecule has 0 spiro atoms. The summed E-state index contributed by atoms with van der Waals surface area (Å²) in [5.74, 6) is -0.647. The minimum Gasteiger partial charge on any atom is -0.545 e. The summed E-state index contributed by atoms with van der Waals surface area (Å²) in [7, 11) is 1.54. The van der Waals surface area contributed by atoms with Crippen LogP contribution in [-0.4, -0.2) is 60.0 Å². The van der Waals surface area contributed by atoms with Crippen molar-refractivity contribution in [2.45, 2.75) is 0 Å². The van der Waals surface area contributed by atoms with Crippen molar-refractivity contribution >= 4 is 17.8 Å². The van der Waals surface area contributed by atoms with Crippen LogP contribution in [0.4, 0.5) is 5.95 Å². The molecule has 0 bridgehead atoms. The average molecular weight is 364 g/mol. The van der Waals surface area contributed by atoms with Gasteiger partial charge in [0.05, 0.1) is 13.1 Å². The zero-order valence-corrected chi connectivity index (χ0v) is 16.7. The van der Waals surface area contributed by atoms with Gasteiger partial charge in [-0.2, -0.15) is 4.98 Å². The van der Waals surface area contributed by atoms with Gasteiger partial charge in [0.1, 0.15) is 0 Å². The number of carbonyl (C=O) groups excluding carboxylic acids is 2. The van der Waals surface area contributed by atoms with Crippen molar-refractivity contribution in [2.75, 3.05) is 38.2 Å². The van der Waals surface area contributed by atoms with E-state index in [2.05, 4.69) is 9.97 Å². The zero-order valence-electron chi connectivity index (χ0n) is 14.7. The van der Waals surface area contributed by atoms with E-state index in [1.807, 2.05) is 4.90 Å². The Balaban J connectivity index is 0.00000243. The number of benzene rings is 1. The van der Waals surface area contributed by atoms with Crippen LogP contribution in [-0.2, 0) is 0 Å². The van der Waals surface area contributed by atoms with Crippen molar-refractivity contribution in [3.05, 3.63) is 47.7 Å². The van der Waals surface area contributed by atoms with Gasteiger partial charge < -0.3 is 24.4 Å². The van der Waals surface area contributed by atoms with Crippen LogP contribution in [0.5, 0.6) is 5.88 Å². The number of nitrogens with zero attached hydrogens (tertiary/aromatic N) is 4. The molecule has 8 nitrogen and oxygen atoms in total. The first-order chi connectivity index (χ1) is 12.1. The van der Waals surface area contributed by atoms with Crippen molar-refractivity contribution in [1.82, 2.24) is 14.9 Å². The number of rotatable bonds is 4. The minimum atomic E-state index is -1.35. The van der Waals surface area contributed by atoms with Crippen LogP contribution in [0.2, 0.25) is 0 Å². The Morgan fingerprint density at radius 3 is 2.35 bits per heavy atom. The average Bonchev–Trinajstić information content (AvgIpc) is 2.67. The fourth-order valence-corrected chi connectivity index (χ4v) is 2.73. The van der Waals surface area contributed by atoms with Crippen molar-refractivity contribution in [3.63, 3.8) is 0 Å². The maximum atomic E-state index is 12.6. The van der Waals surface area contributed by atoms with E-state index in [0.29, 0.717) is 38.0 Å². The summed E-state index contributed by atoms with van der Waals surface area (Å²) in [6.45, 7) is 1.99. The predicted octanol–water partition coefficient (Wildman–Crippen LogP) is -3.18. The van der Waals surface area contributed by atoms with Gasteiger partial charge in [-0.3, -0.25) is 4.79 Å². The first-order valence-electron chi connectivity index (χ1n) is 7.82. The molecule has 3 rings (SSSR count). The van der Waals surface area contributed by atoms with E-state index in [0.717, 1.165) is 0 Å². The van der Waals surface area contributed by atoms with Crippen LogP contribution in [0.3, 0.4) is 0 Å². The molecule has 9 heteroatoms. The molecule has 0 unspecified atom stereocenters. The second-order valence-electron chi connectivity index (χ2n) is 5.51. The minimum absolute atomic E-state index is 0. The zero-order chi connectivity index (χ0) is 17.8. The molecule has 1 aliphatic rings. The number of carboxylic acids is 1. The second-order valence-corrected chi connectivity index (χ2v) is 5.51. The number of amides is 1. The predicted molar refractivity (Wildman–Crippen MR) is 87.5 cm³/mol. The monoisotopic (exact) mass is 364 g/mol. The first kappa shape index (κ1) is 20.2. The molecule has 1 amide bonds. The quantitative estimate of drug-likeness (QED) is 0.528. The van der Waals surface area contributed by atoms with E-state index in [9.17, 15) is 14.7 Å². The molecule has 26 heavy (non-hydrogen) atoms. The number of methoxy groups -OCH3 is 1. The maximum absolute atomic E-state index is 12.6. The Morgan fingerprint density at radius 1 is 1.08 bits per heavy atom. The van der Waals surface area contributed by atoms with Gasteiger partial charge in [0.15, 0.2) is 0 Å². The summed E-state index contributed by atoms with van der Waals surface area (Å²) in [6.07, 6.45) is 1.62. The van der Waals surface area contributed by atoms with Gasteiger partial charge in [0.25, 0.3) is 5.91 Å². The second kappa shape index (κ2) is 8.98. The Kier molecular flexibility index (Phi) is 6.96. The standard InChI is InChI=1S/C17H18N4O4.Na/c1-25-14-6-7-18-17(19-14)21-10-8-20(9-11-21)15(22)12-4-2-3-5-13(12)16(23)24;/h2-7H,8-11H2,1H3,(H,23,24);/q;+1/p-1. The molecule has 0 atom stereocenters. The van der Waals surface area contributed by atoms with E-state index in [4.69, 9.17) is 4.74 Å². The third kappa shape index (κ3) is 4.32. The SMILES string of the molecule is COc1ccnc(N2CCN(C(=O)c3ccccc3C(=O)[O-])CC2)n1.[Na+]. The van der Waals surface area contributed by atoms with E-state index in [-0.39, 0.29) is 46.6 Å². The van der Waals surface area contributed by atoms with Gasteiger partial charge in [-0.1, -0.05) is 18.2 Å². The van der Waals surface area contributed by atoms with Crippen molar-refractivity contribution in [3.8, 4) is 5.88 Å². The number of carboxylic acid groups (broad SMARTS) is 1. The molecule has 0 N–H and O–H groups in total. The van der Waals surface area contributed by atoms with Crippen molar-refractivity contribution < 1.29 is 49.0 Å². The van der Waals surface area contributed by atoms with Gasteiger partial charge in [-0.15, -0.1) is 0 Å². The van der Waals surface area contributed by atoms with E-state index < -0.39 is 5.97 Å². The molecule has 1 fully saturated rings. The molecule has 2 heterocycles. The van der Waals surface area contributed by atoms with Gasteiger partial charge in [0.2, 0.25) is 11.8 Å². The largest absolute Gasteiger partial charge is 1.00 e. The molecule has 0 saturated carbocycles. The van der Waals surface area contributed by atoms with Crippen molar-refractivity contribution in [1.29, 1.82) is 0 Å². The normalized spacial score (nSPS) is 13.7. The summed E-state index contributed by atoms with van der Waals surface area (Å²) in [4.78, 5) is 35.9. The summed E-state index contributed by atoms with van der Waals surface area (Å²) >= 11 is 0. The first-order valence-corrected chi connectivity index (χ1v) is 7.82. The van der Waals surface area contributed by atoms with Gasteiger partial charge in [-0.05, 0) is 6.07 Å². The summed E-state index contributed by atoms with van der Waals surface area (Å²) in [5, 5.41) is 11.2. The van der Waals surface area contributed by atoms with Crippen molar-refractivity contribution in [2.24, 2.45) is 0 Å². The summed E-state index contributed by atoms with van der Waals surface area (Å²) in [6, 6.07) is 7.76. The Hall–Kier alpha value is -2.16. The van der Waals surface area contributed by atoms with E-state index >= 15 is 0 Å². The molecule has 1 aliphatic heterocycles. The number of aromatic carboxylic acids is 1. The molecular formula is C17H17N4NaO4. The molecule has 2 aromatic rings. The van der Waals surface area contributed by atoms with Gasteiger partial charge >= 0.3 is 29.6 Å². The summed E-state index contributed by atoms with van der Waals surface area (Å²) in [5.41, 5.74) is 0.0552. The van der Waals surface area contributed by atoms with E-state index in [1.165, 1.54) is 19.2 Å². The third-order valence-electron chi connectivity index (χ3n) is 4.05. The van der Waals surface area contributed by atoms with Crippen LogP contribution in [0.1, 0.15) is 20.7 Å². The Labute approximate surface area is 173 Å². The van der Waals surface area contributed by atoms with Crippen LogP contribution in [0.15, 0.2) is 36.5 Å². The molecule has 0 aliphatic carbocycles. The fourth-order valence-electron chi connectivity index (χ4n) is 2.73. The molecule has 1 saturated heterocycles. The number of carbonyl (C=O) groups is 2. The molecule has 130 valence electrons. The number of anilines is 1. The smallest absolute Gasteiger partial charge is 0.545 e. The molecule has 1 aromatic carbocycles. The van der Waals surface area contributed by atoms with Gasteiger partial charge in [-0.25, -0.2) is 4.98 Å². The van der Waals surface area contributed by atoms with E-state index in [1.54, 1.807) is 29.3 Å². The molecule has 1 aromatic heterocycles. The maximum Gasteiger partial charge on any atom is 1.00 e. The topological polar surface area (TPSA) is 98.7 Å². The number of hydrogen-bond acceptors (Lipinski definition) is 7. The van der Waals surface area contributed by atoms with Crippen LogP contribution < -0.4 is 44.3 Å². The number of piperazine rings is 1. The number of hydrogen-bond donors (Lipinski definition) is 0. The number of aromatic nitrogens is 2. The Bertz CT molecular complexity index is 794. The van der Waals surface area contributed by atoms with Crippen LogP contribution >= 0.6 is 0 Å². The van der Waals surface area contributed by atoms with Crippen LogP contribution in [0.25, 0.3) is 0 Å². The number of ether oxygens (including phenoxy) is 1. The van der Waals surface area contributed by atoms with Crippen LogP contribution in [0, 0.1) is 0 Å². The van der Waals surface area contributed by atoms with Gasteiger partial charge in [0, 0.05) is 49.6 Å². The Morgan fingerprint density at radius 2 is 1.73 bits per heavy atom.